The van der Waals surface area contributed by atoms with E-state index in [9.17, 15) is 18.4 Å². The number of halogens is 3. The fourth-order valence-electron chi connectivity index (χ4n) is 4.36. The molecule has 3 aromatic carbocycles. The van der Waals surface area contributed by atoms with Gasteiger partial charge in [-0.2, -0.15) is 0 Å². The Kier molecular flexibility index (Phi) is 7.26. The number of ether oxygens (including phenoxy) is 1. The largest absolute Gasteiger partial charge is 0.467 e. The van der Waals surface area contributed by atoms with Gasteiger partial charge in [-0.05, 0) is 48.2 Å². The minimum Gasteiger partial charge on any atom is -0.467 e. The molecule has 0 aliphatic carbocycles. The molecule has 0 spiro atoms. The third kappa shape index (κ3) is 4.82. The first-order valence-corrected chi connectivity index (χ1v) is 11.6. The third-order valence-corrected chi connectivity index (χ3v) is 6.53. The summed E-state index contributed by atoms with van der Waals surface area (Å²) in [6, 6.07) is 17.4. The van der Waals surface area contributed by atoms with Gasteiger partial charge in [0.15, 0.2) is 0 Å². The van der Waals surface area contributed by atoms with Crippen LogP contribution in [0.25, 0.3) is 0 Å². The number of nitrogens with zero attached hydrogens (tertiary/aromatic N) is 1. The molecule has 1 saturated heterocycles. The minimum atomic E-state index is -1.14. The quantitative estimate of drug-likeness (QED) is 0.411. The fourth-order valence-corrected chi connectivity index (χ4v) is 4.62. The summed E-state index contributed by atoms with van der Waals surface area (Å²) in [5, 5.41) is 2.77. The normalized spacial score (nSPS) is 18.4. The van der Waals surface area contributed by atoms with Gasteiger partial charge in [0.25, 0.3) is 5.91 Å². The fraction of sp³-hybridized carbons (Fsp3) is 0.231. The Morgan fingerprint density at radius 2 is 1.62 bits per heavy atom. The predicted molar refractivity (Wildman–Crippen MR) is 128 cm³/mol. The molecular weight excluding hydrogens is 506 g/mol. The highest BCUT2D eigenvalue weighted by Crippen LogP contribution is 2.39. The number of esters is 1. The summed E-state index contributed by atoms with van der Waals surface area (Å²) in [6.45, 7) is 0. The average Bonchev–Trinajstić information content (AvgIpc) is 3.30. The molecule has 1 fully saturated rings. The van der Waals surface area contributed by atoms with Gasteiger partial charge in [-0.1, -0.05) is 64.5 Å². The SMILES string of the molecule is COC(=O)[C@@H]1CC[C@H](c2ccccc2)N1C(=O)[C@@H](Nc1c(F)cccc1F)c1ccc(Br)cc1. The summed E-state index contributed by atoms with van der Waals surface area (Å²) in [6.07, 6.45) is 0.968. The minimum absolute atomic E-state index is 0.386. The van der Waals surface area contributed by atoms with Gasteiger partial charge in [0.05, 0.1) is 13.2 Å². The summed E-state index contributed by atoms with van der Waals surface area (Å²) in [4.78, 5) is 28.2. The third-order valence-electron chi connectivity index (χ3n) is 6.00. The van der Waals surface area contributed by atoms with Crippen molar-refractivity contribution in [2.45, 2.75) is 31.0 Å². The Hall–Kier alpha value is -3.26. The number of para-hydroxylation sites is 1. The summed E-state index contributed by atoms with van der Waals surface area (Å²) < 4.78 is 34.8. The van der Waals surface area contributed by atoms with Gasteiger partial charge in [0.2, 0.25) is 0 Å². The molecule has 0 bridgehead atoms. The number of nitrogens with one attached hydrogen (secondary N) is 1. The summed E-state index contributed by atoms with van der Waals surface area (Å²) in [7, 11) is 1.28. The van der Waals surface area contributed by atoms with Crippen LogP contribution in [0.4, 0.5) is 14.5 Å². The zero-order valence-corrected chi connectivity index (χ0v) is 20.0. The molecule has 5 nitrogen and oxygen atoms in total. The lowest BCUT2D eigenvalue weighted by Gasteiger charge is -2.33. The highest BCUT2D eigenvalue weighted by atomic mass is 79.9. The van der Waals surface area contributed by atoms with E-state index in [0.717, 1.165) is 22.2 Å². The molecule has 1 amide bonds. The van der Waals surface area contributed by atoms with Crippen molar-refractivity contribution in [3.8, 4) is 0 Å². The van der Waals surface area contributed by atoms with E-state index in [-0.39, 0.29) is 6.04 Å². The van der Waals surface area contributed by atoms with Crippen LogP contribution in [-0.2, 0) is 14.3 Å². The van der Waals surface area contributed by atoms with E-state index in [2.05, 4.69) is 21.2 Å². The zero-order chi connectivity index (χ0) is 24.2. The Balaban J connectivity index is 1.78. The van der Waals surface area contributed by atoms with Crippen molar-refractivity contribution in [1.29, 1.82) is 0 Å². The van der Waals surface area contributed by atoms with Gasteiger partial charge in [-0.15, -0.1) is 0 Å². The number of carbonyl (C=O) groups excluding carboxylic acids is 2. The van der Waals surface area contributed by atoms with E-state index >= 15 is 0 Å². The van der Waals surface area contributed by atoms with E-state index in [1.54, 1.807) is 24.3 Å². The van der Waals surface area contributed by atoms with E-state index in [1.165, 1.54) is 18.1 Å². The number of hydrogen-bond donors (Lipinski definition) is 1. The van der Waals surface area contributed by atoms with E-state index in [0.29, 0.717) is 18.4 Å². The van der Waals surface area contributed by atoms with Gasteiger partial charge in [0, 0.05) is 4.47 Å². The number of hydrogen-bond acceptors (Lipinski definition) is 4. The molecule has 0 aromatic heterocycles. The topological polar surface area (TPSA) is 58.6 Å². The molecule has 0 saturated carbocycles. The van der Waals surface area contributed by atoms with Crippen LogP contribution in [0.5, 0.6) is 0 Å². The van der Waals surface area contributed by atoms with E-state index < -0.39 is 41.3 Å². The standard InChI is InChI=1S/C26H23BrF2N2O3/c1-34-26(33)22-15-14-21(16-6-3-2-4-7-16)31(22)25(32)23(17-10-12-18(27)13-11-17)30-24-19(28)8-5-9-20(24)29/h2-13,21-23,30H,14-15H2,1H3/t21-,22+,23+/m1/s1. The van der Waals surface area contributed by atoms with Crippen molar-refractivity contribution in [1.82, 2.24) is 4.90 Å². The van der Waals surface area contributed by atoms with Gasteiger partial charge in [0.1, 0.15) is 29.4 Å². The Bertz CT molecular complexity index is 1150. The smallest absolute Gasteiger partial charge is 0.328 e. The summed E-state index contributed by atoms with van der Waals surface area (Å²) in [5.41, 5.74) is 0.959. The Morgan fingerprint density at radius 1 is 0.971 bits per heavy atom. The van der Waals surface area contributed by atoms with Crippen molar-refractivity contribution in [3.05, 3.63) is 100 Å². The summed E-state index contributed by atoms with van der Waals surface area (Å²) >= 11 is 3.37. The number of anilines is 1. The number of carbonyl (C=O) groups is 2. The van der Waals surface area contributed by atoms with Crippen molar-refractivity contribution in [3.63, 3.8) is 0 Å². The predicted octanol–water partition coefficient (Wildman–Crippen LogP) is 5.79. The molecular formula is C26H23BrF2N2O3. The second kappa shape index (κ2) is 10.3. The van der Waals surface area contributed by atoms with Gasteiger partial charge in [-0.3, -0.25) is 4.79 Å². The van der Waals surface area contributed by atoms with Crippen molar-refractivity contribution in [2.75, 3.05) is 12.4 Å². The lowest BCUT2D eigenvalue weighted by molar-refractivity contribution is -0.152. The van der Waals surface area contributed by atoms with Crippen molar-refractivity contribution in [2.24, 2.45) is 0 Å². The first-order chi connectivity index (χ1) is 16.4. The molecule has 3 aromatic rings. The van der Waals surface area contributed by atoms with Crippen LogP contribution in [0.3, 0.4) is 0 Å². The van der Waals surface area contributed by atoms with Gasteiger partial charge in [-0.25, -0.2) is 13.6 Å². The number of methoxy groups -OCH3 is 1. The molecule has 34 heavy (non-hydrogen) atoms. The van der Waals surface area contributed by atoms with Crippen LogP contribution in [-0.4, -0.2) is 29.9 Å². The molecule has 4 rings (SSSR count). The Morgan fingerprint density at radius 3 is 2.24 bits per heavy atom. The van der Waals surface area contributed by atoms with E-state index in [1.807, 2.05) is 30.3 Å². The lowest BCUT2D eigenvalue weighted by atomic mass is 10.0. The second-order valence-electron chi connectivity index (χ2n) is 8.01. The Labute approximate surface area is 204 Å². The van der Waals surface area contributed by atoms with Crippen LogP contribution in [0.1, 0.15) is 36.1 Å². The molecule has 0 radical (unpaired) electrons. The zero-order valence-electron chi connectivity index (χ0n) is 18.4. The lowest BCUT2D eigenvalue weighted by Crippen LogP contribution is -2.46. The van der Waals surface area contributed by atoms with Gasteiger partial charge >= 0.3 is 5.97 Å². The molecule has 1 aliphatic heterocycles. The van der Waals surface area contributed by atoms with Gasteiger partial charge < -0.3 is 15.0 Å². The maximum Gasteiger partial charge on any atom is 0.328 e. The van der Waals surface area contributed by atoms with Crippen LogP contribution in [0.15, 0.2) is 77.3 Å². The first-order valence-electron chi connectivity index (χ1n) is 10.8. The maximum absolute atomic E-state index is 14.5. The van der Waals surface area contributed by atoms with Crippen molar-refractivity contribution >= 4 is 33.5 Å². The second-order valence-corrected chi connectivity index (χ2v) is 8.93. The van der Waals surface area contributed by atoms with Crippen LogP contribution < -0.4 is 5.32 Å². The highest BCUT2D eigenvalue weighted by molar-refractivity contribution is 9.10. The number of benzene rings is 3. The average molecular weight is 529 g/mol. The molecule has 176 valence electrons. The number of rotatable bonds is 6. The number of amides is 1. The first kappa shape index (κ1) is 23.9. The molecule has 0 unspecified atom stereocenters. The highest BCUT2D eigenvalue weighted by Gasteiger charge is 2.44. The number of likely N-dealkylation sites (tertiary alicyclic amines) is 1. The monoisotopic (exact) mass is 528 g/mol. The van der Waals surface area contributed by atoms with Crippen LogP contribution in [0.2, 0.25) is 0 Å². The van der Waals surface area contributed by atoms with Crippen LogP contribution >= 0.6 is 15.9 Å². The van der Waals surface area contributed by atoms with E-state index in [4.69, 9.17) is 4.74 Å². The molecule has 8 heteroatoms. The molecule has 1 aliphatic rings. The van der Waals surface area contributed by atoms with Crippen molar-refractivity contribution < 1.29 is 23.1 Å². The molecule has 1 N–H and O–H groups in total. The summed E-state index contributed by atoms with van der Waals surface area (Å²) in [5.74, 6) is -2.65. The maximum atomic E-state index is 14.5. The molecule has 1 heterocycles. The van der Waals surface area contributed by atoms with Crippen LogP contribution in [0, 0.1) is 11.6 Å². The molecule has 3 atom stereocenters.